The highest BCUT2D eigenvalue weighted by Gasteiger charge is 2.42. The first-order chi connectivity index (χ1) is 41.0. The fraction of sp³-hybridized carbons (Fsp3) is 0.355. The van der Waals surface area contributed by atoms with Gasteiger partial charge in [-0.05, 0) is 87.4 Å². The number of carbonyl (C=O) groups excluding carboxylic acids is 4. The molecule has 0 spiro atoms. The number of nitrogens with one attached hydrogen (secondary N) is 2. The molecule has 4 atom stereocenters. The number of ether oxygens (including phenoxy) is 2. The summed E-state index contributed by atoms with van der Waals surface area (Å²) in [6.45, 7) is 12.9. The predicted octanol–water partition coefficient (Wildman–Crippen LogP) is 9.51. The Morgan fingerprint density at radius 1 is 0.547 bits per heavy atom. The van der Waals surface area contributed by atoms with Crippen LogP contribution in [0.3, 0.4) is 0 Å². The molecule has 452 valence electrons. The van der Waals surface area contributed by atoms with Crippen molar-refractivity contribution < 1.29 is 55.0 Å². The number of nitrogens with zero attached hydrogens (tertiary/aromatic N) is 10. The second kappa shape index (κ2) is 25.8. The molecule has 6 heterocycles. The van der Waals surface area contributed by atoms with E-state index in [1.54, 1.807) is 58.3 Å². The molecule has 2 aliphatic heterocycles. The zero-order valence-electron chi connectivity index (χ0n) is 48.7. The third-order valence-electron chi connectivity index (χ3n) is 15.7. The number of hydrogen-bond donors (Lipinski definition) is 2. The van der Waals surface area contributed by atoms with Crippen LogP contribution >= 0.6 is 0 Å². The zero-order valence-corrected chi connectivity index (χ0v) is 48.7. The Bertz CT molecular complexity index is 3490. The Morgan fingerprint density at radius 3 is 1.20 bits per heavy atom. The van der Waals surface area contributed by atoms with Crippen molar-refractivity contribution in [1.82, 2.24) is 59.4 Å². The van der Waals surface area contributed by atoms with E-state index in [2.05, 4.69) is 40.6 Å². The topological polar surface area (TPSA) is 184 Å². The molecule has 2 aliphatic rings. The van der Waals surface area contributed by atoms with Crippen LogP contribution in [0.5, 0.6) is 11.5 Å². The number of benzene rings is 4. The molecular formula is C62H66F6N12O6. The summed E-state index contributed by atoms with van der Waals surface area (Å²) < 4.78 is 97.9. The van der Waals surface area contributed by atoms with Gasteiger partial charge in [-0.25, -0.2) is 19.0 Å². The summed E-state index contributed by atoms with van der Waals surface area (Å²) >= 11 is 0. The minimum atomic E-state index is -4.74. The summed E-state index contributed by atoms with van der Waals surface area (Å²) in [6, 6.07) is 32.0. The number of halogens is 6. The van der Waals surface area contributed by atoms with Gasteiger partial charge >= 0.3 is 12.4 Å². The minimum Gasteiger partial charge on any atom is -0.497 e. The lowest BCUT2D eigenvalue weighted by Gasteiger charge is -2.43. The Hall–Kier alpha value is -8.90. The van der Waals surface area contributed by atoms with E-state index in [1.807, 2.05) is 74.5 Å². The molecule has 18 nitrogen and oxygen atoms in total. The molecule has 0 saturated carbocycles. The standard InChI is InChI=1S/2C31H33F3N6O3/c2*1-19-18-38(26(17-35-21(3)41)22-8-6-5-7-9-22)14-15-39(19)30(42)25-16-36-40-28(31(32,33)34)20(2)27(37-29(25)40)23-10-12-24(43-4)13-11-23/h2*5-13,16,19,26H,14-15,17-18H2,1-4H3,(H,35,41)/t19-,26+;19-,26-/m11/s1. The molecule has 86 heavy (non-hydrogen) atoms. The van der Waals surface area contributed by atoms with Crippen molar-refractivity contribution in [3.05, 3.63) is 166 Å². The molecule has 10 rings (SSSR count). The van der Waals surface area contributed by atoms with Gasteiger partial charge in [0.15, 0.2) is 22.7 Å². The highest BCUT2D eigenvalue weighted by atomic mass is 19.4. The van der Waals surface area contributed by atoms with Crippen molar-refractivity contribution in [2.75, 3.05) is 66.6 Å². The maximum atomic E-state index is 14.4. The number of rotatable bonds is 14. The number of alkyl halides is 6. The van der Waals surface area contributed by atoms with E-state index in [0.29, 0.717) is 75.0 Å². The molecule has 0 bridgehead atoms. The summed E-state index contributed by atoms with van der Waals surface area (Å²) in [4.78, 5) is 68.0. The third kappa shape index (κ3) is 13.1. The molecule has 24 heteroatoms. The lowest BCUT2D eigenvalue weighted by Crippen LogP contribution is -2.55. The van der Waals surface area contributed by atoms with Crippen LogP contribution in [0.4, 0.5) is 26.3 Å². The largest absolute Gasteiger partial charge is 0.497 e. The van der Waals surface area contributed by atoms with Gasteiger partial charge in [0.2, 0.25) is 11.8 Å². The summed E-state index contributed by atoms with van der Waals surface area (Å²) in [5.41, 5.74) is 0.736. The molecule has 8 aromatic rings. The normalized spacial score (nSPS) is 16.7. The summed E-state index contributed by atoms with van der Waals surface area (Å²) in [5.74, 6) is -0.0375. The van der Waals surface area contributed by atoms with Gasteiger partial charge < -0.3 is 29.9 Å². The molecule has 2 fully saturated rings. The van der Waals surface area contributed by atoms with Crippen molar-refractivity contribution in [3.63, 3.8) is 0 Å². The molecule has 4 aromatic carbocycles. The highest BCUT2D eigenvalue weighted by Crippen LogP contribution is 2.39. The number of aromatic nitrogens is 6. The average Bonchev–Trinajstić information content (AvgIpc) is 1.62. The second-order valence-corrected chi connectivity index (χ2v) is 21.3. The van der Waals surface area contributed by atoms with Gasteiger partial charge in [-0.15, -0.1) is 0 Å². The maximum Gasteiger partial charge on any atom is 0.433 e. The Labute approximate surface area is 492 Å². The fourth-order valence-electron chi connectivity index (χ4n) is 11.4. The number of hydrogen-bond acceptors (Lipinski definition) is 12. The number of piperazine rings is 2. The van der Waals surface area contributed by atoms with Crippen molar-refractivity contribution in [2.45, 2.75) is 78.1 Å². The molecule has 2 saturated heterocycles. The van der Waals surface area contributed by atoms with E-state index >= 15 is 0 Å². The van der Waals surface area contributed by atoms with Crippen LogP contribution in [0.2, 0.25) is 0 Å². The molecule has 4 amide bonds. The van der Waals surface area contributed by atoms with Crippen molar-refractivity contribution >= 4 is 34.9 Å². The van der Waals surface area contributed by atoms with Crippen molar-refractivity contribution in [3.8, 4) is 34.0 Å². The Morgan fingerprint density at radius 2 is 0.895 bits per heavy atom. The van der Waals surface area contributed by atoms with Crippen LogP contribution in [-0.4, -0.2) is 151 Å². The molecule has 0 unspecified atom stereocenters. The van der Waals surface area contributed by atoms with Gasteiger partial charge in [0.05, 0.1) is 50.1 Å². The summed E-state index contributed by atoms with van der Waals surface area (Å²) in [7, 11) is 3.00. The highest BCUT2D eigenvalue weighted by molar-refractivity contribution is 6.01. The van der Waals surface area contributed by atoms with Crippen molar-refractivity contribution in [2.24, 2.45) is 0 Å². The van der Waals surface area contributed by atoms with Gasteiger partial charge in [-0.3, -0.25) is 29.0 Å². The quantitative estimate of drug-likeness (QED) is 0.0985. The van der Waals surface area contributed by atoms with Crippen LogP contribution in [0, 0.1) is 13.8 Å². The van der Waals surface area contributed by atoms with Crippen LogP contribution in [-0.2, 0) is 21.9 Å². The number of carbonyl (C=O) groups is 4. The molecule has 4 aromatic heterocycles. The van der Waals surface area contributed by atoms with Crippen LogP contribution < -0.4 is 20.1 Å². The van der Waals surface area contributed by atoms with Crippen LogP contribution in [0.1, 0.15) is 94.1 Å². The second-order valence-electron chi connectivity index (χ2n) is 21.3. The average molecular weight is 1190 g/mol. The van der Waals surface area contributed by atoms with Gasteiger partial charge in [-0.2, -0.15) is 36.5 Å². The third-order valence-corrected chi connectivity index (χ3v) is 15.7. The molecule has 2 N–H and O–H groups in total. The molecule has 0 radical (unpaired) electrons. The summed E-state index contributed by atoms with van der Waals surface area (Å²) in [6.07, 6.45) is -7.14. The molecular weight excluding hydrogens is 1120 g/mol. The van der Waals surface area contributed by atoms with E-state index in [4.69, 9.17) is 9.47 Å². The van der Waals surface area contributed by atoms with E-state index in [0.717, 1.165) is 20.2 Å². The van der Waals surface area contributed by atoms with Crippen LogP contribution in [0.25, 0.3) is 33.8 Å². The Balaban J connectivity index is 0.000000205. The van der Waals surface area contributed by atoms with E-state index < -0.39 is 35.6 Å². The molecule has 0 aliphatic carbocycles. The van der Waals surface area contributed by atoms with Crippen LogP contribution in [0.15, 0.2) is 122 Å². The first-order valence-electron chi connectivity index (χ1n) is 27.9. The van der Waals surface area contributed by atoms with E-state index in [-0.39, 0.29) is 80.9 Å². The van der Waals surface area contributed by atoms with Gasteiger partial charge in [0.25, 0.3) is 11.8 Å². The maximum absolute atomic E-state index is 14.4. The smallest absolute Gasteiger partial charge is 0.433 e. The first kappa shape index (κ1) is 61.7. The number of methoxy groups -OCH3 is 2. The first-order valence-corrected chi connectivity index (χ1v) is 27.9. The fourth-order valence-corrected chi connectivity index (χ4v) is 11.4. The zero-order chi connectivity index (χ0) is 61.8. The van der Waals surface area contributed by atoms with Gasteiger partial charge in [0.1, 0.15) is 22.6 Å². The van der Waals surface area contributed by atoms with Crippen molar-refractivity contribution in [1.29, 1.82) is 0 Å². The monoisotopic (exact) mass is 1190 g/mol. The van der Waals surface area contributed by atoms with Gasteiger partial charge in [-0.1, -0.05) is 60.7 Å². The predicted molar refractivity (Wildman–Crippen MR) is 309 cm³/mol. The van der Waals surface area contributed by atoms with E-state index in [9.17, 15) is 45.5 Å². The summed E-state index contributed by atoms with van der Waals surface area (Å²) in [5, 5.41) is 13.8. The van der Waals surface area contributed by atoms with E-state index in [1.165, 1.54) is 54.3 Å². The lowest BCUT2D eigenvalue weighted by atomic mass is 10.0. The van der Waals surface area contributed by atoms with Gasteiger partial charge in [0, 0.05) is 101 Å². The SMILES string of the molecule is COc1ccc(-c2nc3c(C(=O)N4CCN([C@@H](CNC(C)=O)c5ccccc5)C[C@H]4C)cnn3c(C(F)(F)F)c2C)cc1.COc1ccc(-c2nc3c(C(=O)N4CCN([C@H](CNC(C)=O)c5ccccc5)C[C@H]4C)cnn3c(C(F)(F)F)c2C)cc1. The number of amides is 4. The minimum absolute atomic E-state index is 0.00147. The number of fused-ring (bicyclic) bond motifs is 2. The Kier molecular flexibility index (Phi) is 18.5. The lowest BCUT2D eigenvalue weighted by molar-refractivity contribution is -0.144.